The summed E-state index contributed by atoms with van der Waals surface area (Å²) in [7, 11) is 1.63. The summed E-state index contributed by atoms with van der Waals surface area (Å²) in [6.45, 7) is 1.63. The average molecular weight is 426 g/mol. The molecular weight excluding hydrogens is 409 g/mol. The third-order valence-electron chi connectivity index (χ3n) is 4.46. The number of amides is 4. The predicted octanol–water partition coefficient (Wildman–Crippen LogP) is 3.48. The fraction of sp³-hybridized carbons (Fsp3) is 0.278. The molecule has 1 aliphatic heterocycles. The Labute approximate surface area is 170 Å². The van der Waals surface area contributed by atoms with E-state index in [9.17, 15) is 14.4 Å². The molecule has 0 saturated carbocycles. The molecule has 1 aromatic carbocycles. The number of hydrogen-bond donors (Lipinski definition) is 1. The van der Waals surface area contributed by atoms with Crippen molar-refractivity contribution in [2.24, 2.45) is 0 Å². The number of imide groups is 1. The summed E-state index contributed by atoms with van der Waals surface area (Å²) in [5.41, 5.74) is 0.0599. The van der Waals surface area contributed by atoms with Gasteiger partial charge in [-0.15, -0.1) is 0 Å². The fourth-order valence-electron chi connectivity index (χ4n) is 2.92. The van der Waals surface area contributed by atoms with Crippen molar-refractivity contribution in [1.29, 1.82) is 0 Å². The van der Waals surface area contributed by atoms with E-state index in [0.29, 0.717) is 17.1 Å². The van der Waals surface area contributed by atoms with Crippen LogP contribution in [0.3, 0.4) is 0 Å². The van der Waals surface area contributed by atoms with E-state index in [4.69, 9.17) is 23.2 Å². The maximum atomic E-state index is 12.9. The summed E-state index contributed by atoms with van der Waals surface area (Å²) in [4.78, 5) is 40.2. The second-order valence-electron chi connectivity index (χ2n) is 6.45. The van der Waals surface area contributed by atoms with Gasteiger partial charge in [0.2, 0.25) is 5.91 Å². The first-order valence-electron chi connectivity index (χ1n) is 8.07. The quantitative estimate of drug-likeness (QED) is 0.745. The number of nitrogens with zero attached hydrogens (tertiary/aromatic N) is 2. The Bertz CT molecular complexity index is 903. The summed E-state index contributed by atoms with van der Waals surface area (Å²) in [5.74, 6) is -0.870. The molecule has 1 fully saturated rings. The molecule has 0 bridgehead atoms. The molecule has 0 radical (unpaired) electrons. The highest BCUT2D eigenvalue weighted by atomic mass is 35.5. The van der Waals surface area contributed by atoms with E-state index in [1.165, 1.54) is 22.3 Å². The largest absolute Gasteiger partial charge is 0.340 e. The third-order valence-corrected chi connectivity index (χ3v) is 5.74. The second kappa shape index (κ2) is 7.50. The molecule has 1 atom stereocenters. The molecule has 2 heterocycles. The smallest absolute Gasteiger partial charge is 0.325 e. The number of thiophene rings is 1. The van der Waals surface area contributed by atoms with Gasteiger partial charge in [-0.25, -0.2) is 4.79 Å². The zero-order valence-corrected chi connectivity index (χ0v) is 17.0. The van der Waals surface area contributed by atoms with Crippen molar-refractivity contribution in [3.63, 3.8) is 0 Å². The summed E-state index contributed by atoms with van der Waals surface area (Å²) in [6, 6.07) is 5.98. The van der Waals surface area contributed by atoms with Crippen molar-refractivity contribution in [2.45, 2.75) is 19.0 Å². The minimum Gasteiger partial charge on any atom is -0.340 e. The van der Waals surface area contributed by atoms with Gasteiger partial charge in [0.25, 0.3) is 5.91 Å². The van der Waals surface area contributed by atoms with Crippen LogP contribution in [0.1, 0.15) is 18.1 Å². The normalized spacial score (nSPS) is 19.3. The van der Waals surface area contributed by atoms with E-state index in [2.05, 4.69) is 5.32 Å². The summed E-state index contributed by atoms with van der Waals surface area (Å²) in [6.07, 6.45) is 0. The van der Waals surface area contributed by atoms with E-state index >= 15 is 0 Å². The lowest BCUT2D eigenvalue weighted by molar-refractivity contribution is -0.138. The van der Waals surface area contributed by atoms with Crippen LogP contribution in [-0.4, -0.2) is 41.2 Å². The SMILES string of the molecule is CN(Cc1ccsc1)C(=O)CN1C(=O)N[C@](C)(c2ccc(Cl)cc2Cl)C1=O. The van der Waals surface area contributed by atoms with Crippen molar-refractivity contribution in [3.05, 3.63) is 56.2 Å². The fourth-order valence-corrected chi connectivity index (χ4v) is 4.18. The molecular formula is C18H17Cl2N3O3S. The van der Waals surface area contributed by atoms with Gasteiger partial charge in [-0.2, -0.15) is 11.3 Å². The zero-order chi connectivity index (χ0) is 19.8. The molecule has 1 aliphatic rings. The van der Waals surface area contributed by atoms with Crippen molar-refractivity contribution in [2.75, 3.05) is 13.6 Å². The molecule has 1 aromatic heterocycles. The van der Waals surface area contributed by atoms with Crippen LogP contribution in [-0.2, 0) is 21.7 Å². The van der Waals surface area contributed by atoms with Gasteiger partial charge < -0.3 is 10.2 Å². The first-order valence-corrected chi connectivity index (χ1v) is 9.77. The second-order valence-corrected chi connectivity index (χ2v) is 8.08. The minimum atomic E-state index is -1.36. The Morgan fingerprint density at radius 2 is 2.04 bits per heavy atom. The van der Waals surface area contributed by atoms with Crippen LogP contribution >= 0.6 is 34.5 Å². The lowest BCUT2D eigenvalue weighted by Gasteiger charge is -2.24. The van der Waals surface area contributed by atoms with E-state index in [-0.39, 0.29) is 17.5 Å². The molecule has 142 valence electrons. The van der Waals surface area contributed by atoms with E-state index < -0.39 is 17.5 Å². The molecule has 2 aromatic rings. The van der Waals surface area contributed by atoms with Crippen LogP contribution in [0, 0.1) is 0 Å². The van der Waals surface area contributed by atoms with Gasteiger partial charge in [-0.3, -0.25) is 14.5 Å². The van der Waals surface area contributed by atoms with Gasteiger partial charge in [-0.1, -0.05) is 29.3 Å². The Hall–Kier alpha value is -2.09. The first-order chi connectivity index (χ1) is 12.7. The number of benzene rings is 1. The molecule has 0 unspecified atom stereocenters. The number of halogens is 2. The number of hydrogen-bond acceptors (Lipinski definition) is 4. The molecule has 4 amide bonds. The molecule has 27 heavy (non-hydrogen) atoms. The summed E-state index contributed by atoms with van der Waals surface area (Å²) >= 11 is 13.7. The molecule has 0 aliphatic carbocycles. The number of urea groups is 1. The Kier molecular flexibility index (Phi) is 5.46. The van der Waals surface area contributed by atoms with E-state index in [0.717, 1.165) is 10.5 Å². The Morgan fingerprint density at radius 3 is 2.67 bits per heavy atom. The van der Waals surface area contributed by atoms with E-state index in [1.807, 2.05) is 16.8 Å². The summed E-state index contributed by atoms with van der Waals surface area (Å²) < 4.78 is 0. The Balaban J connectivity index is 1.76. The van der Waals surface area contributed by atoms with Gasteiger partial charge >= 0.3 is 6.03 Å². The van der Waals surface area contributed by atoms with E-state index in [1.54, 1.807) is 26.1 Å². The average Bonchev–Trinajstić information content (AvgIpc) is 3.17. The highest BCUT2D eigenvalue weighted by Crippen LogP contribution is 2.34. The maximum absolute atomic E-state index is 12.9. The number of carbonyl (C=O) groups excluding carboxylic acids is 3. The van der Waals surface area contributed by atoms with Crippen LogP contribution in [0.5, 0.6) is 0 Å². The van der Waals surface area contributed by atoms with Crippen LogP contribution in [0.15, 0.2) is 35.0 Å². The third kappa shape index (κ3) is 3.81. The van der Waals surface area contributed by atoms with Gasteiger partial charge in [-0.05, 0) is 41.4 Å². The van der Waals surface area contributed by atoms with Gasteiger partial charge in [0.15, 0.2) is 0 Å². The standard InChI is InChI=1S/C18H17Cl2N3O3S/c1-18(13-4-3-12(19)7-14(13)20)16(25)23(17(26)21-18)9-15(24)22(2)8-11-5-6-27-10-11/h3-7,10H,8-9H2,1-2H3,(H,21,26)/t18-/m1/s1. The van der Waals surface area contributed by atoms with Crippen molar-refractivity contribution < 1.29 is 14.4 Å². The molecule has 9 heteroatoms. The highest BCUT2D eigenvalue weighted by Gasteiger charge is 2.50. The number of carbonyl (C=O) groups is 3. The predicted molar refractivity (Wildman–Crippen MR) is 105 cm³/mol. The van der Waals surface area contributed by atoms with Crippen molar-refractivity contribution in [1.82, 2.24) is 15.1 Å². The van der Waals surface area contributed by atoms with Gasteiger partial charge in [0.1, 0.15) is 12.1 Å². The van der Waals surface area contributed by atoms with Gasteiger partial charge in [0.05, 0.1) is 0 Å². The number of nitrogens with one attached hydrogen (secondary N) is 1. The highest BCUT2D eigenvalue weighted by molar-refractivity contribution is 7.07. The van der Waals surface area contributed by atoms with Crippen LogP contribution in [0.25, 0.3) is 0 Å². The Morgan fingerprint density at radius 1 is 1.30 bits per heavy atom. The lowest BCUT2D eigenvalue weighted by Crippen LogP contribution is -2.43. The monoisotopic (exact) mass is 425 g/mol. The maximum Gasteiger partial charge on any atom is 0.325 e. The molecule has 0 spiro atoms. The molecule has 1 N–H and O–H groups in total. The topological polar surface area (TPSA) is 69.7 Å². The number of likely N-dealkylation sites (N-methyl/N-ethyl adjacent to an activating group) is 1. The first kappa shape index (κ1) is 19.7. The molecule has 3 rings (SSSR count). The summed E-state index contributed by atoms with van der Waals surface area (Å²) in [5, 5.41) is 7.19. The molecule has 1 saturated heterocycles. The zero-order valence-electron chi connectivity index (χ0n) is 14.7. The van der Waals surface area contributed by atoms with Crippen LogP contribution in [0.2, 0.25) is 10.0 Å². The van der Waals surface area contributed by atoms with Crippen molar-refractivity contribution in [3.8, 4) is 0 Å². The molecule has 6 nitrogen and oxygen atoms in total. The van der Waals surface area contributed by atoms with Crippen molar-refractivity contribution >= 4 is 52.4 Å². The lowest BCUT2D eigenvalue weighted by atomic mass is 9.92. The van der Waals surface area contributed by atoms with Gasteiger partial charge in [0, 0.05) is 29.2 Å². The number of rotatable bonds is 5. The van der Waals surface area contributed by atoms with Crippen LogP contribution in [0.4, 0.5) is 4.79 Å². The van der Waals surface area contributed by atoms with Crippen LogP contribution < -0.4 is 5.32 Å². The minimum absolute atomic E-state index is 0.265.